The van der Waals surface area contributed by atoms with Crippen molar-refractivity contribution < 1.29 is 0 Å². The first-order valence-electron chi connectivity index (χ1n) is 9.20. The Hall–Kier alpha value is -2.67. The fourth-order valence-corrected chi connectivity index (χ4v) is 3.64. The number of aromatic nitrogens is 4. The molecule has 0 atom stereocenters. The summed E-state index contributed by atoms with van der Waals surface area (Å²) in [4.78, 5) is 18.9. The van der Waals surface area contributed by atoms with Crippen molar-refractivity contribution in [1.29, 1.82) is 0 Å². The summed E-state index contributed by atoms with van der Waals surface area (Å²) in [7, 11) is 2.16. The van der Waals surface area contributed by atoms with Gasteiger partial charge in [0, 0.05) is 35.9 Å². The van der Waals surface area contributed by atoms with Crippen LogP contribution in [-0.2, 0) is 6.42 Å². The Balaban J connectivity index is 1.74. The van der Waals surface area contributed by atoms with Crippen LogP contribution in [0.4, 0.5) is 11.6 Å². The largest absolute Gasteiger partial charge is 0.370 e. The van der Waals surface area contributed by atoms with Crippen molar-refractivity contribution >= 4 is 22.7 Å². The molecule has 4 heterocycles. The topological polar surface area (TPSA) is 95.8 Å². The molecule has 0 bridgehead atoms. The van der Waals surface area contributed by atoms with Gasteiger partial charge in [0.15, 0.2) is 0 Å². The van der Waals surface area contributed by atoms with Gasteiger partial charge in [0.25, 0.3) is 0 Å². The molecule has 1 aliphatic heterocycles. The third-order valence-electron chi connectivity index (χ3n) is 5.22. The van der Waals surface area contributed by atoms with E-state index in [0.29, 0.717) is 12.0 Å². The van der Waals surface area contributed by atoms with Gasteiger partial charge >= 0.3 is 0 Å². The van der Waals surface area contributed by atoms with E-state index in [1.54, 1.807) is 0 Å². The molecule has 136 valence electrons. The molecule has 0 aliphatic carbocycles. The van der Waals surface area contributed by atoms with Crippen molar-refractivity contribution in [3.8, 4) is 11.3 Å². The van der Waals surface area contributed by atoms with E-state index in [0.717, 1.165) is 66.0 Å². The van der Waals surface area contributed by atoms with E-state index in [1.807, 2.05) is 18.5 Å². The lowest BCUT2D eigenvalue weighted by Crippen LogP contribution is -2.41. The highest BCUT2D eigenvalue weighted by atomic mass is 15.2. The van der Waals surface area contributed by atoms with Crippen molar-refractivity contribution in [3.63, 3.8) is 0 Å². The quantitative estimate of drug-likeness (QED) is 0.668. The van der Waals surface area contributed by atoms with E-state index in [9.17, 15) is 0 Å². The fourth-order valence-electron chi connectivity index (χ4n) is 3.64. The molecule has 26 heavy (non-hydrogen) atoms. The maximum absolute atomic E-state index is 5.90. The maximum atomic E-state index is 5.90. The highest BCUT2D eigenvalue weighted by Gasteiger charge is 2.19. The first-order chi connectivity index (χ1) is 12.7. The molecule has 1 aliphatic rings. The molecule has 0 radical (unpaired) electrons. The average molecular weight is 351 g/mol. The van der Waals surface area contributed by atoms with Gasteiger partial charge < -0.3 is 20.9 Å². The number of aryl methyl sites for hydroxylation is 1. The summed E-state index contributed by atoms with van der Waals surface area (Å²) in [6, 6.07) is 4.74. The van der Waals surface area contributed by atoms with Crippen LogP contribution in [0.2, 0.25) is 0 Å². The molecule has 0 saturated carbocycles. The zero-order valence-corrected chi connectivity index (χ0v) is 15.3. The van der Waals surface area contributed by atoms with Crippen LogP contribution in [0.3, 0.4) is 0 Å². The van der Waals surface area contributed by atoms with Crippen LogP contribution in [0.1, 0.15) is 25.5 Å². The van der Waals surface area contributed by atoms with Crippen molar-refractivity contribution in [3.05, 3.63) is 30.2 Å². The Labute approximate surface area is 153 Å². The van der Waals surface area contributed by atoms with E-state index in [-0.39, 0.29) is 0 Å². The number of aromatic amines is 1. The van der Waals surface area contributed by atoms with Gasteiger partial charge in [-0.25, -0.2) is 15.0 Å². The van der Waals surface area contributed by atoms with Crippen LogP contribution >= 0.6 is 0 Å². The molecular weight excluding hydrogens is 326 g/mol. The number of nitrogen functional groups attached to an aromatic ring is 1. The molecule has 0 unspecified atom stereocenters. The van der Waals surface area contributed by atoms with Gasteiger partial charge in [-0.3, -0.25) is 0 Å². The minimum absolute atomic E-state index is 0.310. The molecule has 1 saturated heterocycles. The Kier molecular flexibility index (Phi) is 4.46. The predicted octanol–water partition coefficient (Wildman–Crippen LogP) is 2.35. The van der Waals surface area contributed by atoms with Crippen molar-refractivity contribution in [2.75, 3.05) is 30.8 Å². The monoisotopic (exact) mass is 351 g/mol. The van der Waals surface area contributed by atoms with Crippen LogP contribution in [-0.4, -0.2) is 46.1 Å². The summed E-state index contributed by atoms with van der Waals surface area (Å²) in [5.74, 6) is 0.310. The first-order valence-corrected chi connectivity index (χ1v) is 9.20. The number of anilines is 2. The van der Waals surface area contributed by atoms with Crippen LogP contribution in [0.5, 0.6) is 0 Å². The Morgan fingerprint density at radius 1 is 1.23 bits per heavy atom. The van der Waals surface area contributed by atoms with Crippen molar-refractivity contribution in [2.45, 2.75) is 32.2 Å². The summed E-state index contributed by atoms with van der Waals surface area (Å²) < 4.78 is 0. The first kappa shape index (κ1) is 16.8. The molecule has 0 aromatic carbocycles. The number of pyridine rings is 1. The SMILES string of the molecule is CCc1cc(-c2c[nH]c3ncc(N(C)C4CCNCC4)cc23)nc(N)n1. The Morgan fingerprint density at radius 2 is 2.04 bits per heavy atom. The second-order valence-electron chi connectivity index (χ2n) is 6.84. The van der Waals surface area contributed by atoms with Crippen LogP contribution in [0.25, 0.3) is 22.3 Å². The third kappa shape index (κ3) is 3.10. The molecule has 3 aromatic heterocycles. The zero-order chi connectivity index (χ0) is 18.1. The number of hydrogen-bond acceptors (Lipinski definition) is 6. The van der Waals surface area contributed by atoms with E-state index >= 15 is 0 Å². The molecule has 1 fully saturated rings. The van der Waals surface area contributed by atoms with Gasteiger partial charge in [-0.2, -0.15) is 0 Å². The third-order valence-corrected chi connectivity index (χ3v) is 5.22. The summed E-state index contributed by atoms with van der Waals surface area (Å²) in [6.07, 6.45) is 7.02. The predicted molar refractivity (Wildman–Crippen MR) is 105 cm³/mol. The van der Waals surface area contributed by atoms with E-state index in [2.05, 4.69) is 50.2 Å². The summed E-state index contributed by atoms with van der Waals surface area (Å²) in [5.41, 5.74) is 10.7. The van der Waals surface area contributed by atoms with Crippen LogP contribution in [0, 0.1) is 0 Å². The van der Waals surface area contributed by atoms with Crippen molar-refractivity contribution in [1.82, 2.24) is 25.3 Å². The summed E-state index contributed by atoms with van der Waals surface area (Å²) in [5, 5.41) is 4.48. The molecular formula is C19H25N7. The van der Waals surface area contributed by atoms with Gasteiger partial charge in [-0.1, -0.05) is 6.92 Å². The number of fused-ring (bicyclic) bond motifs is 1. The lowest BCUT2D eigenvalue weighted by Gasteiger charge is -2.33. The molecule has 4 N–H and O–H groups in total. The number of nitrogens with two attached hydrogens (primary N) is 1. The highest BCUT2D eigenvalue weighted by Crippen LogP contribution is 2.30. The van der Waals surface area contributed by atoms with Gasteiger partial charge in [-0.05, 0) is 44.5 Å². The Morgan fingerprint density at radius 3 is 2.81 bits per heavy atom. The molecule has 0 spiro atoms. The molecule has 4 rings (SSSR count). The van der Waals surface area contributed by atoms with Gasteiger partial charge in [0.05, 0.1) is 17.6 Å². The van der Waals surface area contributed by atoms with Gasteiger partial charge in [0.1, 0.15) is 5.65 Å². The number of H-pyrrole nitrogens is 1. The number of rotatable bonds is 4. The van der Waals surface area contributed by atoms with Gasteiger partial charge in [0.2, 0.25) is 5.95 Å². The van der Waals surface area contributed by atoms with E-state index in [1.165, 1.54) is 0 Å². The van der Waals surface area contributed by atoms with Crippen LogP contribution in [0.15, 0.2) is 24.5 Å². The Bertz CT molecular complexity index is 911. The van der Waals surface area contributed by atoms with E-state index in [4.69, 9.17) is 5.73 Å². The number of nitrogens with zero attached hydrogens (tertiary/aromatic N) is 4. The number of hydrogen-bond donors (Lipinski definition) is 3. The summed E-state index contributed by atoms with van der Waals surface area (Å²) >= 11 is 0. The molecule has 0 amide bonds. The van der Waals surface area contributed by atoms with Crippen molar-refractivity contribution in [2.24, 2.45) is 0 Å². The molecule has 3 aromatic rings. The smallest absolute Gasteiger partial charge is 0.220 e. The second-order valence-corrected chi connectivity index (χ2v) is 6.84. The van der Waals surface area contributed by atoms with Gasteiger partial charge in [-0.15, -0.1) is 0 Å². The maximum Gasteiger partial charge on any atom is 0.220 e. The number of piperidine rings is 1. The molecule has 7 heteroatoms. The minimum atomic E-state index is 0.310. The highest BCUT2D eigenvalue weighted by molar-refractivity contribution is 5.94. The average Bonchev–Trinajstić information content (AvgIpc) is 3.10. The molecule has 7 nitrogen and oxygen atoms in total. The number of nitrogens with one attached hydrogen (secondary N) is 2. The second kappa shape index (κ2) is 6.92. The fraction of sp³-hybridized carbons (Fsp3) is 0.421. The minimum Gasteiger partial charge on any atom is -0.370 e. The van der Waals surface area contributed by atoms with Crippen LogP contribution < -0.4 is 16.0 Å². The summed E-state index contributed by atoms with van der Waals surface area (Å²) in [6.45, 7) is 4.20. The lowest BCUT2D eigenvalue weighted by atomic mass is 10.0. The zero-order valence-electron chi connectivity index (χ0n) is 15.3. The normalized spacial score (nSPS) is 15.5. The van der Waals surface area contributed by atoms with E-state index < -0.39 is 0 Å². The lowest BCUT2D eigenvalue weighted by molar-refractivity contribution is 0.443. The standard InChI is InChI=1S/C19H25N7/c1-3-12-8-17(25-19(20)24-12)16-11-23-18-15(16)9-14(10-22-18)26(2)13-4-6-21-7-5-13/h8-11,13,21H,3-7H2,1-2H3,(H,22,23)(H2,20,24,25).